The molecule has 1 unspecified atom stereocenters. The average molecular weight is 342 g/mol. The molecule has 0 aliphatic heterocycles. The fourth-order valence-electron chi connectivity index (χ4n) is 3.58. The first-order valence-corrected chi connectivity index (χ1v) is 10.8. The summed E-state index contributed by atoms with van der Waals surface area (Å²) < 4.78 is 5.62. The molecule has 1 aliphatic rings. The van der Waals surface area contributed by atoms with Crippen LogP contribution < -0.4 is 5.32 Å². The number of aliphatic hydroxyl groups is 1. The van der Waals surface area contributed by atoms with Crippen LogP contribution in [0.25, 0.3) is 0 Å². The minimum atomic E-state index is -0.352. The van der Waals surface area contributed by atoms with Crippen LogP contribution in [0, 0.1) is 0 Å². The number of rotatable bonds is 16. The second-order valence-corrected chi connectivity index (χ2v) is 7.65. The van der Waals surface area contributed by atoms with E-state index in [4.69, 9.17) is 4.74 Å². The summed E-state index contributed by atoms with van der Waals surface area (Å²) in [6.07, 6.45) is 19.7. The third kappa shape index (κ3) is 13.2. The third-order valence-electron chi connectivity index (χ3n) is 5.20. The van der Waals surface area contributed by atoms with E-state index < -0.39 is 0 Å². The molecule has 144 valence electrons. The summed E-state index contributed by atoms with van der Waals surface area (Å²) in [6.45, 7) is 4.24. The van der Waals surface area contributed by atoms with Crippen molar-refractivity contribution in [2.45, 2.75) is 115 Å². The van der Waals surface area contributed by atoms with Gasteiger partial charge in [0.1, 0.15) is 0 Å². The molecule has 1 saturated carbocycles. The standard InChI is InChI=1S/C21H43NO2/c1-2-3-4-5-6-7-8-9-10-14-17-24-19-21(23)18-22-20-15-12-11-13-16-20/h20-23H,2-19H2,1H3. The first-order chi connectivity index (χ1) is 11.8. The minimum absolute atomic E-state index is 0.352. The predicted molar refractivity (Wildman–Crippen MR) is 104 cm³/mol. The van der Waals surface area contributed by atoms with E-state index in [1.165, 1.54) is 89.9 Å². The maximum Gasteiger partial charge on any atom is 0.0897 e. The molecule has 0 aromatic carbocycles. The van der Waals surface area contributed by atoms with Crippen molar-refractivity contribution in [3.63, 3.8) is 0 Å². The van der Waals surface area contributed by atoms with Crippen LogP contribution in [-0.2, 0) is 4.74 Å². The van der Waals surface area contributed by atoms with Gasteiger partial charge in [0, 0.05) is 19.2 Å². The Balaban J connectivity index is 1.76. The second kappa shape index (κ2) is 16.4. The van der Waals surface area contributed by atoms with Crippen molar-refractivity contribution in [2.75, 3.05) is 19.8 Å². The molecule has 1 rings (SSSR count). The SMILES string of the molecule is CCCCCCCCCCCCOCC(O)CNC1CCCCC1. The van der Waals surface area contributed by atoms with Crippen molar-refractivity contribution in [1.82, 2.24) is 5.32 Å². The van der Waals surface area contributed by atoms with Crippen molar-refractivity contribution in [1.29, 1.82) is 0 Å². The Bertz CT molecular complexity index is 254. The number of ether oxygens (including phenoxy) is 1. The van der Waals surface area contributed by atoms with Crippen molar-refractivity contribution in [3.8, 4) is 0 Å². The molecule has 0 aromatic heterocycles. The monoisotopic (exact) mass is 341 g/mol. The van der Waals surface area contributed by atoms with Crippen LogP contribution in [0.2, 0.25) is 0 Å². The molecule has 0 heterocycles. The molecule has 1 fully saturated rings. The van der Waals surface area contributed by atoms with E-state index in [9.17, 15) is 5.11 Å². The van der Waals surface area contributed by atoms with Crippen LogP contribution in [0.15, 0.2) is 0 Å². The summed E-state index contributed by atoms with van der Waals surface area (Å²) >= 11 is 0. The minimum Gasteiger partial charge on any atom is -0.389 e. The molecular formula is C21H43NO2. The van der Waals surface area contributed by atoms with Crippen LogP contribution in [0.3, 0.4) is 0 Å². The molecule has 24 heavy (non-hydrogen) atoms. The maximum atomic E-state index is 9.95. The Labute approximate surface area is 150 Å². The predicted octanol–water partition coefficient (Wildman–Crippen LogP) is 5.21. The first-order valence-electron chi connectivity index (χ1n) is 10.8. The highest BCUT2D eigenvalue weighted by atomic mass is 16.5. The number of nitrogens with one attached hydrogen (secondary N) is 1. The molecule has 1 atom stereocenters. The van der Waals surface area contributed by atoms with Gasteiger partial charge in [-0.25, -0.2) is 0 Å². The van der Waals surface area contributed by atoms with Gasteiger partial charge in [0.15, 0.2) is 0 Å². The summed E-state index contributed by atoms with van der Waals surface area (Å²) in [7, 11) is 0. The van der Waals surface area contributed by atoms with Gasteiger partial charge in [-0.15, -0.1) is 0 Å². The fraction of sp³-hybridized carbons (Fsp3) is 1.00. The van der Waals surface area contributed by atoms with Gasteiger partial charge >= 0.3 is 0 Å². The molecule has 0 spiro atoms. The highest BCUT2D eigenvalue weighted by Gasteiger charge is 2.14. The normalized spacial score (nSPS) is 17.2. The summed E-state index contributed by atoms with van der Waals surface area (Å²) in [5.41, 5.74) is 0. The van der Waals surface area contributed by atoms with Gasteiger partial charge in [0.05, 0.1) is 12.7 Å². The van der Waals surface area contributed by atoms with E-state index in [0.29, 0.717) is 19.2 Å². The van der Waals surface area contributed by atoms with Crippen LogP contribution in [-0.4, -0.2) is 37.0 Å². The van der Waals surface area contributed by atoms with Crippen molar-refractivity contribution in [2.24, 2.45) is 0 Å². The van der Waals surface area contributed by atoms with E-state index in [2.05, 4.69) is 12.2 Å². The van der Waals surface area contributed by atoms with Crippen LogP contribution >= 0.6 is 0 Å². The highest BCUT2D eigenvalue weighted by Crippen LogP contribution is 2.17. The Hall–Kier alpha value is -0.120. The summed E-state index contributed by atoms with van der Waals surface area (Å²) in [5.74, 6) is 0. The maximum absolute atomic E-state index is 9.95. The van der Waals surface area contributed by atoms with E-state index in [1.807, 2.05) is 0 Å². The zero-order valence-corrected chi connectivity index (χ0v) is 16.2. The molecule has 0 radical (unpaired) electrons. The zero-order valence-electron chi connectivity index (χ0n) is 16.2. The van der Waals surface area contributed by atoms with Gasteiger partial charge < -0.3 is 15.2 Å². The fourth-order valence-corrected chi connectivity index (χ4v) is 3.58. The molecule has 3 nitrogen and oxygen atoms in total. The summed E-state index contributed by atoms with van der Waals surface area (Å²) in [6, 6.07) is 0.621. The van der Waals surface area contributed by atoms with Gasteiger partial charge in [0.2, 0.25) is 0 Å². The number of hydrogen-bond donors (Lipinski definition) is 2. The molecule has 0 saturated heterocycles. The number of aliphatic hydroxyl groups excluding tert-OH is 1. The Morgan fingerprint density at radius 2 is 1.46 bits per heavy atom. The van der Waals surface area contributed by atoms with Gasteiger partial charge in [-0.3, -0.25) is 0 Å². The van der Waals surface area contributed by atoms with E-state index in [1.54, 1.807) is 0 Å². The van der Waals surface area contributed by atoms with Crippen LogP contribution in [0.1, 0.15) is 103 Å². The van der Waals surface area contributed by atoms with Crippen molar-refractivity contribution < 1.29 is 9.84 Å². The molecular weight excluding hydrogens is 298 g/mol. The largest absolute Gasteiger partial charge is 0.389 e. The molecule has 3 heteroatoms. The Kier molecular flexibility index (Phi) is 14.9. The smallest absolute Gasteiger partial charge is 0.0897 e. The Morgan fingerprint density at radius 1 is 0.875 bits per heavy atom. The topological polar surface area (TPSA) is 41.5 Å². The van der Waals surface area contributed by atoms with Crippen LogP contribution in [0.5, 0.6) is 0 Å². The lowest BCUT2D eigenvalue weighted by Gasteiger charge is -2.24. The average Bonchev–Trinajstić information content (AvgIpc) is 2.62. The van der Waals surface area contributed by atoms with Crippen molar-refractivity contribution in [3.05, 3.63) is 0 Å². The van der Waals surface area contributed by atoms with Gasteiger partial charge in [-0.1, -0.05) is 84.0 Å². The van der Waals surface area contributed by atoms with Crippen molar-refractivity contribution >= 4 is 0 Å². The van der Waals surface area contributed by atoms with Gasteiger partial charge in [-0.2, -0.15) is 0 Å². The first kappa shape index (κ1) is 21.9. The lowest BCUT2D eigenvalue weighted by molar-refractivity contribution is 0.0335. The van der Waals surface area contributed by atoms with Gasteiger partial charge in [0.25, 0.3) is 0 Å². The third-order valence-corrected chi connectivity index (χ3v) is 5.20. The van der Waals surface area contributed by atoms with E-state index >= 15 is 0 Å². The molecule has 0 aromatic rings. The number of unbranched alkanes of at least 4 members (excludes halogenated alkanes) is 9. The second-order valence-electron chi connectivity index (χ2n) is 7.65. The lowest BCUT2D eigenvalue weighted by atomic mass is 9.95. The summed E-state index contributed by atoms with van der Waals surface area (Å²) in [5, 5.41) is 13.4. The van der Waals surface area contributed by atoms with E-state index in [-0.39, 0.29) is 6.10 Å². The molecule has 0 amide bonds. The number of hydrogen-bond acceptors (Lipinski definition) is 3. The molecule has 1 aliphatic carbocycles. The quantitative estimate of drug-likeness (QED) is 0.379. The molecule has 2 N–H and O–H groups in total. The van der Waals surface area contributed by atoms with Gasteiger partial charge in [-0.05, 0) is 19.3 Å². The zero-order chi connectivity index (χ0) is 17.3. The van der Waals surface area contributed by atoms with E-state index in [0.717, 1.165) is 13.0 Å². The summed E-state index contributed by atoms with van der Waals surface area (Å²) in [4.78, 5) is 0. The molecule has 0 bridgehead atoms. The van der Waals surface area contributed by atoms with Crippen LogP contribution in [0.4, 0.5) is 0 Å². The highest BCUT2D eigenvalue weighted by molar-refractivity contribution is 4.73. The Morgan fingerprint density at radius 3 is 2.08 bits per heavy atom. The lowest BCUT2D eigenvalue weighted by Crippen LogP contribution is -2.38.